The molecule has 5 unspecified atom stereocenters. The van der Waals surface area contributed by atoms with Crippen LogP contribution in [0.5, 0.6) is 0 Å². The number of hydrogen-bond donors (Lipinski definition) is 6. The van der Waals surface area contributed by atoms with Crippen LogP contribution in [0.25, 0.3) is 0 Å². The van der Waals surface area contributed by atoms with Crippen molar-refractivity contribution in [1.82, 2.24) is 16.0 Å². The Morgan fingerprint density at radius 1 is 0.879 bits per heavy atom. The van der Waals surface area contributed by atoms with Gasteiger partial charge in [0.05, 0.1) is 6.04 Å². The van der Waals surface area contributed by atoms with Gasteiger partial charge in [0.2, 0.25) is 17.7 Å². The molecule has 0 saturated heterocycles. The molecule has 0 aliphatic heterocycles. The lowest BCUT2D eigenvalue weighted by Crippen LogP contribution is -2.59. The molecule has 0 aliphatic carbocycles. The molecule has 0 bridgehead atoms. The average Bonchev–Trinajstić information content (AvgIpc) is 2.75. The second kappa shape index (κ2) is 15.5. The summed E-state index contributed by atoms with van der Waals surface area (Å²) in [5.41, 5.74) is 5.89. The first-order valence-electron chi connectivity index (χ1n) is 11.0. The van der Waals surface area contributed by atoms with Crippen LogP contribution in [0.2, 0.25) is 0 Å². The van der Waals surface area contributed by atoms with E-state index in [-0.39, 0.29) is 24.7 Å². The Hall–Kier alpha value is -2.34. The molecule has 0 rings (SSSR count). The van der Waals surface area contributed by atoms with Gasteiger partial charge in [-0.2, -0.15) is 11.8 Å². The molecule has 0 fully saturated rings. The second-order valence-electron chi connectivity index (χ2n) is 8.32. The molecule has 0 aliphatic rings. The number of aliphatic carboxylic acids is 2. The molecule has 11 nitrogen and oxygen atoms in total. The van der Waals surface area contributed by atoms with Gasteiger partial charge < -0.3 is 31.9 Å². The van der Waals surface area contributed by atoms with Gasteiger partial charge in [-0.15, -0.1) is 0 Å². The minimum absolute atomic E-state index is 0.135. The van der Waals surface area contributed by atoms with Gasteiger partial charge >= 0.3 is 11.9 Å². The molecule has 12 heteroatoms. The lowest BCUT2D eigenvalue weighted by Gasteiger charge is -2.28. The van der Waals surface area contributed by atoms with Crippen molar-refractivity contribution < 1.29 is 34.2 Å². The van der Waals surface area contributed by atoms with Crippen molar-refractivity contribution in [2.24, 2.45) is 17.6 Å². The minimum atomic E-state index is -1.41. The number of carboxylic acids is 2. The van der Waals surface area contributed by atoms with Gasteiger partial charge in [-0.05, 0) is 36.7 Å². The SMILES string of the molecule is CCC(C)C(NC(=O)C(N)C(C)C)C(=O)NC(CCSC)C(=O)NC(CCC(=O)O)C(=O)O. The zero-order valence-electron chi connectivity index (χ0n) is 19.9. The largest absolute Gasteiger partial charge is 0.481 e. The van der Waals surface area contributed by atoms with Crippen molar-refractivity contribution in [2.75, 3.05) is 12.0 Å². The Labute approximate surface area is 199 Å². The number of hydrogen-bond acceptors (Lipinski definition) is 7. The van der Waals surface area contributed by atoms with Crippen LogP contribution in [-0.4, -0.2) is 76.0 Å². The molecule has 0 aromatic carbocycles. The Morgan fingerprint density at radius 3 is 1.91 bits per heavy atom. The third-order valence-corrected chi connectivity index (χ3v) is 5.96. The fourth-order valence-electron chi connectivity index (χ4n) is 2.82. The van der Waals surface area contributed by atoms with Crippen LogP contribution in [0.15, 0.2) is 0 Å². The zero-order chi connectivity index (χ0) is 25.7. The van der Waals surface area contributed by atoms with Crippen LogP contribution in [0.4, 0.5) is 0 Å². The molecule has 0 aromatic rings. The molecule has 5 atom stereocenters. The molecule has 0 heterocycles. The van der Waals surface area contributed by atoms with Gasteiger partial charge in [-0.1, -0.05) is 34.1 Å². The summed E-state index contributed by atoms with van der Waals surface area (Å²) in [4.78, 5) is 60.4. The number of nitrogens with two attached hydrogens (primary N) is 1. The fraction of sp³-hybridized carbons (Fsp3) is 0.762. The summed E-state index contributed by atoms with van der Waals surface area (Å²) >= 11 is 1.44. The summed E-state index contributed by atoms with van der Waals surface area (Å²) in [6.07, 6.45) is 1.89. The van der Waals surface area contributed by atoms with Crippen LogP contribution >= 0.6 is 11.8 Å². The van der Waals surface area contributed by atoms with Crippen LogP contribution in [0.1, 0.15) is 53.4 Å². The maximum Gasteiger partial charge on any atom is 0.326 e. The van der Waals surface area contributed by atoms with Crippen molar-refractivity contribution in [1.29, 1.82) is 0 Å². The lowest BCUT2D eigenvalue weighted by molar-refractivity contribution is -0.143. The number of amides is 3. The molecule has 0 spiro atoms. The van der Waals surface area contributed by atoms with Crippen molar-refractivity contribution >= 4 is 41.4 Å². The van der Waals surface area contributed by atoms with Crippen LogP contribution < -0.4 is 21.7 Å². The fourth-order valence-corrected chi connectivity index (χ4v) is 3.29. The molecular weight excluding hydrogens is 452 g/mol. The van der Waals surface area contributed by atoms with Gasteiger partial charge in [0.15, 0.2) is 0 Å². The highest BCUT2D eigenvalue weighted by Crippen LogP contribution is 2.11. The monoisotopic (exact) mass is 490 g/mol. The van der Waals surface area contributed by atoms with E-state index in [0.717, 1.165) is 0 Å². The predicted molar refractivity (Wildman–Crippen MR) is 126 cm³/mol. The normalized spacial score (nSPS) is 15.6. The van der Waals surface area contributed by atoms with Crippen molar-refractivity contribution in [2.45, 2.75) is 77.5 Å². The van der Waals surface area contributed by atoms with E-state index >= 15 is 0 Å². The standard InChI is InChI=1S/C21H38N4O7S/c1-6-12(4)17(25-19(29)16(22)11(2)3)20(30)23-13(9-10-33-5)18(28)24-14(21(31)32)7-8-15(26)27/h11-14,16-17H,6-10,22H2,1-5H3,(H,23,30)(H,24,28)(H,25,29)(H,26,27)(H,31,32). The first-order chi connectivity index (χ1) is 15.3. The van der Waals surface area contributed by atoms with E-state index in [1.54, 1.807) is 20.8 Å². The minimum Gasteiger partial charge on any atom is -0.481 e. The lowest BCUT2D eigenvalue weighted by atomic mass is 9.96. The summed E-state index contributed by atoms with van der Waals surface area (Å²) in [6, 6.07) is -4.19. The van der Waals surface area contributed by atoms with E-state index in [1.165, 1.54) is 11.8 Å². The van der Waals surface area contributed by atoms with E-state index in [1.807, 2.05) is 13.2 Å². The molecule has 7 N–H and O–H groups in total. The van der Waals surface area contributed by atoms with E-state index in [2.05, 4.69) is 16.0 Å². The summed E-state index contributed by atoms with van der Waals surface area (Å²) in [7, 11) is 0. The van der Waals surface area contributed by atoms with E-state index < -0.39 is 60.2 Å². The smallest absolute Gasteiger partial charge is 0.326 e. The number of carbonyl (C=O) groups excluding carboxylic acids is 3. The van der Waals surface area contributed by atoms with Crippen LogP contribution in [0, 0.1) is 11.8 Å². The average molecular weight is 491 g/mol. The molecular formula is C21H38N4O7S. The van der Waals surface area contributed by atoms with Crippen molar-refractivity contribution in [3.63, 3.8) is 0 Å². The first-order valence-corrected chi connectivity index (χ1v) is 12.3. The third kappa shape index (κ3) is 11.4. The molecule has 190 valence electrons. The van der Waals surface area contributed by atoms with Gasteiger partial charge in [0.25, 0.3) is 0 Å². The maximum atomic E-state index is 13.0. The van der Waals surface area contributed by atoms with Crippen LogP contribution in [0.3, 0.4) is 0 Å². The summed E-state index contributed by atoms with van der Waals surface area (Å²) in [5.74, 6) is -4.22. The highest BCUT2D eigenvalue weighted by molar-refractivity contribution is 7.98. The van der Waals surface area contributed by atoms with Gasteiger partial charge in [0.1, 0.15) is 18.1 Å². The molecule has 0 radical (unpaired) electrons. The molecule has 0 saturated carbocycles. The quantitative estimate of drug-likeness (QED) is 0.175. The maximum absolute atomic E-state index is 13.0. The highest BCUT2D eigenvalue weighted by Gasteiger charge is 2.32. The highest BCUT2D eigenvalue weighted by atomic mass is 32.2. The Morgan fingerprint density at radius 2 is 1.45 bits per heavy atom. The first kappa shape index (κ1) is 30.7. The Kier molecular flexibility index (Phi) is 14.4. The van der Waals surface area contributed by atoms with Crippen molar-refractivity contribution in [3.05, 3.63) is 0 Å². The Bertz CT molecular complexity index is 690. The number of carbonyl (C=O) groups is 5. The topological polar surface area (TPSA) is 188 Å². The number of rotatable bonds is 16. The van der Waals surface area contributed by atoms with E-state index in [4.69, 9.17) is 10.8 Å². The number of carboxylic acid groups (broad SMARTS) is 2. The van der Waals surface area contributed by atoms with Crippen molar-refractivity contribution in [3.8, 4) is 0 Å². The summed E-state index contributed by atoms with van der Waals surface area (Å²) < 4.78 is 0. The number of nitrogens with one attached hydrogen (secondary N) is 3. The summed E-state index contributed by atoms with van der Waals surface area (Å²) in [6.45, 7) is 7.22. The molecule has 3 amide bonds. The molecule has 33 heavy (non-hydrogen) atoms. The number of thioether (sulfide) groups is 1. The van der Waals surface area contributed by atoms with E-state index in [0.29, 0.717) is 12.2 Å². The predicted octanol–water partition coefficient (Wildman–Crippen LogP) is 0.173. The van der Waals surface area contributed by atoms with E-state index in [9.17, 15) is 29.1 Å². The van der Waals surface area contributed by atoms with Crippen LogP contribution in [-0.2, 0) is 24.0 Å². The van der Waals surface area contributed by atoms with Gasteiger partial charge in [0, 0.05) is 6.42 Å². The van der Waals surface area contributed by atoms with Gasteiger partial charge in [-0.3, -0.25) is 19.2 Å². The summed E-state index contributed by atoms with van der Waals surface area (Å²) in [5, 5.41) is 25.7. The molecule has 0 aromatic heterocycles. The third-order valence-electron chi connectivity index (χ3n) is 5.32. The van der Waals surface area contributed by atoms with Gasteiger partial charge in [-0.25, -0.2) is 4.79 Å². The zero-order valence-corrected chi connectivity index (χ0v) is 20.7. The Balaban J connectivity index is 5.52. The second-order valence-corrected chi connectivity index (χ2v) is 9.30.